The van der Waals surface area contributed by atoms with E-state index in [4.69, 9.17) is 23.6 Å². The van der Waals surface area contributed by atoms with Crippen LogP contribution in [0.25, 0.3) is 5.57 Å². The van der Waals surface area contributed by atoms with Crippen molar-refractivity contribution in [1.29, 1.82) is 0 Å². The Morgan fingerprint density at radius 1 is 0.851 bits per heavy atom. The van der Waals surface area contributed by atoms with E-state index in [0.29, 0.717) is 17.0 Å². The zero-order valence-electron chi connectivity index (χ0n) is 26.8. The van der Waals surface area contributed by atoms with Crippen LogP contribution in [0.4, 0.5) is 0 Å². The molecule has 2 heterocycles. The normalized spacial score (nSPS) is 13.4. The minimum atomic E-state index is -6.06. The zero-order chi connectivity index (χ0) is 35.5. The van der Waals surface area contributed by atoms with E-state index in [1.807, 2.05) is 61.7 Å². The average molecular weight is 829 g/mol. The molecule has 47 heavy (non-hydrogen) atoms. The molecule has 0 bridgehead atoms. The van der Waals surface area contributed by atoms with E-state index < -0.39 is 33.0 Å². The van der Waals surface area contributed by atoms with Crippen molar-refractivity contribution in [3.05, 3.63) is 114 Å². The van der Waals surface area contributed by atoms with Crippen molar-refractivity contribution in [2.45, 2.75) is 45.4 Å². The van der Waals surface area contributed by atoms with Crippen molar-refractivity contribution >= 4 is 17.5 Å². The summed E-state index contributed by atoms with van der Waals surface area (Å²) in [6.45, 7) is 11.0. The standard InChI is InChI=1S/C16H20N2O4.C16H18N2O2.4O.Os/c1-11(18-10-17-8-14(18)15(20)22-3)12-6-4-5-7-13(12)16(2,21)9-19;1-11(2)13-7-5-6-8-14(13)12(3)18-10-17-9-15(18)16(19)20-4;;;;;/h4-8,10-11,19,21H,9H2,1-3H3;5-10,12H,1H2,2-4H3;;;;;/t11-,16?;12-;;;;;/m00...../s1. The molecule has 254 valence electrons. The van der Waals surface area contributed by atoms with Gasteiger partial charge in [-0.3, -0.25) is 0 Å². The van der Waals surface area contributed by atoms with Gasteiger partial charge in [0.1, 0.15) is 17.0 Å². The van der Waals surface area contributed by atoms with E-state index in [-0.39, 0.29) is 18.1 Å². The number of aromatic nitrogens is 4. The van der Waals surface area contributed by atoms with Crippen LogP contribution in [0.15, 0.2) is 80.2 Å². The van der Waals surface area contributed by atoms with Gasteiger partial charge < -0.3 is 28.8 Å². The Balaban J connectivity index is 0.000000287. The molecule has 0 aliphatic rings. The molecule has 0 aliphatic carbocycles. The Kier molecular flexibility index (Phi) is 13.7. The van der Waals surface area contributed by atoms with Crippen molar-refractivity contribution in [3.63, 3.8) is 0 Å². The third-order valence-electron chi connectivity index (χ3n) is 7.13. The molecule has 0 fully saturated rings. The van der Waals surface area contributed by atoms with Gasteiger partial charge in [-0.15, -0.1) is 0 Å². The van der Waals surface area contributed by atoms with Gasteiger partial charge in [0, 0.05) is 0 Å². The Morgan fingerprint density at radius 2 is 1.26 bits per heavy atom. The summed E-state index contributed by atoms with van der Waals surface area (Å²) < 4.78 is 47.6. The number of hydrogen-bond donors (Lipinski definition) is 2. The summed E-state index contributed by atoms with van der Waals surface area (Å²) in [5.74, 6) is -0.863. The van der Waals surface area contributed by atoms with Crippen LogP contribution in [0.5, 0.6) is 0 Å². The number of hydrogen-bond acceptors (Lipinski definition) is 12. The Bertz CT molecular complexity index is 1910. The molecule has 3 atom stereocenters. The molecule has 0 saturated carbocycles. The summed E-state index contributed by atoms with van der Waals surface area (Å²) in [5, 5.41) is 19.8. The first-order chi connectivity index (χ1) is 22.0. The Hall–Kier alpha value is -4.70. The minimum absolute atomic E-state index is 0.0282. The second-order valence-electron chi connectivity index (χ2n) is 10.4. The van der Waals surface area contributed by atoms with Crippen molar-refractivity contribution in [3.8, 4) is 0 Å². The number of rotatable bonds is 9. The fourth-order valence-corrected chi connectivity index (χ4v) is 4.74. The topological polar surface area (TPSA) is 197 Å². The van der Waals surface area contributed by atoms with Crippen molar-refractivity contribution in [1.82, 2.24) is 19.1 Å². The quantitative estimate of drug-likeness (QED) is 0.227. The van der Waals surface area contributed by atoms with Crippen LogP contribution in [-0.4, -0.2) is 62.1 Å². The molecular weight excluding hydrogens is 791 g/mol. The average Bonchev–Trinajstić information content (AvgIpc) is 3.74. The number of aliphatic hydroxyl groups excluding tert-OH is 1. The number of imidazole rings is 2. The van der Waals surface area contributed by atoms with Crippen LogP contribution in [-0.2, 0) is 44.1 Å². The van der Waals surface area contributed by atoms with Gasteiger partial charge in [-0.05, 0) is 49.9 Å². The molecule has 0 radical (unpaired) electrons. The van der Waals surface area contributed by atoms with Crippen molar-refractivity contribution < 1.29 is 58.3 Å². The SMILES string of the molecule is C=C(C)c1ccccc1[C@H](C)n1cncc1C(=O)OC.COC(=O)c1cncn1[C@@H](C)c1ccccc1C(C)(O)CO.[O]=[Os](=[O])(=[O])=[O]. The molecule has 14 nitrogen and oxygen atoms in total. The van der Waals surface area contributed by atoms with Crippen LogP contribution in [0.1, 0.15) is 83.0 Å². The predicted octanol–water partition coefficient (Wildman–Crippen LogP) is 4.31. The zero-order valence-corrected chi connectivity index (χ0v) is 29.3. The maximum atomic E-state index is 11.8. The van der Waals surface area contributed by atoms with Gasteiger partial charge in [-0.1, -0.05) is 60.7 Å². The Labute approximate surface area is 274 Å². The van der Waals surface area contributed by atoms with Crippen LogP contribution >= 0.6 is 0 Å². The van der Waals surface area contributed by atoms with Gasteiger partial charge in [0.05, 0.1) is 58.0 Å². The van der Waals surface area contributed by atoms with E-state index >= 15 is 0 Å². The molecule has 2 N–H and O–H groups in total. The molecule has 1 unspecified atom stereocenters. The van der Waals surface area contributed by atoms with E-state index in [1.54, 1.807) is 36.3 Å². The first-order valence-corrected chi connectivity index (χ1v) is 18.1. The molecule has 4 aromatic rings. The fraction of sp³-hybridized carbons (Fsp3) is 0.312. The van der Waals surface area contributed by atoms with E-state index in [2.05, 4.69) is 16.5 Å². The molecule has 2 aromatic carbocycles. The first-order valence-electron chi connectivity index (χ1n) is 13.9. The molecule has 15 heteroatoms. The van der Waals surface area contributed by atoms with Crippen molar-refractivity contribution in [2.24, 2.45) is 0 Å². The molecule has 0 spiro atoms. The van der Waals surface area contributed by atoms with Crippen molar-refractivity contribution in [2.75, 3.05) is 20.8 Å². The molecule has 0 saturated heterocycles. The number of aliphatic hydroxyl groups is 2. The first kappa shape index (κ1) is 38.5. The predicted molar refractivity (Wildman–Crippen MR) is 162 cm³/mol. The molecule has 2 aromatic heterocycles. The van der Waals surface area contributed by atoms with E-state index in [0.717, 1.165) is 22.3 Å². The van der Waals surface area contributed by atoms with Gasteiger partial charge in [0.2, 0.25) is 0 Å². The summed E-state index contributed by atoms with van der Waals surface area (Å²) in [7, 11) is 2.68. The number of carbonyl (C=O) groups is 2. The Morgan fingerprint density at radius 3 is 1.68 bits per heavy atom. The van der Waals surface area contributed by atoms with Gasteiger partial charge in [-0.2, -0.15) is 0 Å². The van der Waals surface area contributed by atoms with Crippen LogP contribution in [0.3, 0.4) is 0 Å². The summed E-state index contributed by atoms with van der Waals surface area (Å²) in [6, 6.07) is 15.0. The molecule has 0 amide bonds. The molecular formula is C32H38N4O10Os. The third kappa shape index (κ3) is 10.4. The third-order valence-corrected chi connectivity index (χ3v) is 7.13. The van der Waals surface area contributed by atoms with Crippen LogP contribution in [0.2, 0.25) is 0 Å². The maximum absolute atomic E-state index is 11.8. The number of ether oxygens (including phenoxy) is 2. The summed E-state index contributed by atoms with van der Waals surface area (Å²) >= 11 is -6.06. The number of nitrogens with zero attached hydrogens (tertiary/aromatic N) is 4. The van der Waals surface area contributed by atoms with Crippen LogP contribution in [0, 0.1) is 0 Å². The summed E-state index contributed by atoms with van der Waals surface area (Å²) in [4.78, 5) is 31.6. The fourth-order valence-electron chi connectivity index (χ4n) is 4.74. The second kappa shape index (κ2) is 16.7. The van der Waals surface area contributed by atoms with Gasteiger partial charge >= 0.3 is 40.9 Å². The van der Waals surface area contributed by atoms with Gasteiger partial charge in [0.15, 0.2) is 0 Å². The van der Waals surface area contributed by atoms with E-state index in [1.165, 1.54) is 26.6 Å². The summed E-state index contributed by atoms with van der Waals surface area (Å²) in [6.07, 6.45) is 6.15. The van der Waals surface area contributed by atoms with E-state index in [9.17, 15) is 19.8 Å². The number of methoxy groups -OCH3 is 2. The van der Waals surface area contributed by atoms with Gasteiger partial charge in [0.25, 0.3) is 0 Å². The number of benzene rings is 2. The second-order valence-corrected chi connectivity index (χ2v) is 13.0. The van der Waals surface area contributed by atoms with Gasteiger partial charge in [-0.25, -0.2) is 19.6 Å². The summed E-state index contributed by atoms with van der Waals surface area (Å²) in [5.41, 5.74) is 3.99. The molecule has 0 aliphatic heterocycles. The number of carbonyl (C=O) groups excluding carboxylic acids is 2. The monoisotopic (exact) mass is 830 g/mol. The van der Waals surface area contributed by atoms with Crippen LogP contribution < -0.4 is 0 Å². The number of allylic oxidation sites excluding steroid dienone is 1. The molecule has 4 rings (SSSR count). The number of esters is 2.